The SMILES string of the molecule is COc1ccc(S(=O)(=O)N2CCCC(C(=O)OCC(=O)NCc3ccc(C)c(F)c3)C2)cc1. The van der Waals surface area contributed by atoms with Gasteiger partial charge >= 0.3 is 5.97 Å². The van der Waals surface area contributed by atoms with Crippen molar-refractivity contribution >= 4 is 21.9 Å². The number of hydrogen-bond acceptors (Lipinski definition) is 6. The second-order valence-corrected chi connectivity index (χ2v) is 9.78. The number of carbonyl (C=O) groups is 2. The van der Waals surface area contributed by atoms with Crippen LogP contribution in [0.15, 0.2) is 47.4 Å². The molecule has 1 unspecified atom stereocenters. The van der Waals surface area contributed by atoms with Crippen molar-refractivity contribution in [2.45, 2.75) is 31.2 Å². The number of carbonyl (C=O) groups excluding carboxylic acids is 2. The summed E-state index contributed by atoms with van der Waals surface area (Å²) in [6.45, 7) is 1.54. The number of benzene rings is 2. The largest absolute Gasteiger partial charge is 0.497 e. The van der Waals surface area contributed by atoms with Crippen LogP contribution in [-0.4, -0.2) is 51.4 Å². The molecule has 1 saturated heterocycles. The van der Waals surface area contributed by atoms with Crippen molar-refractivity contribution in [1.29, 1.82) is 0 Å². The van der Waals surface area contributed by atoms with Gasteiger partial charge in [-0.05, 0) is 61.2 Å². The molecule has 0 spiro atoms. The third-order valence-corrected chi connectivity index (χ3v) is 7.37. The molecule has 1 amide bonds. The lowest BCUT2D eigenvalue weighted by atomic mass is 10.00. The zero-order chi connectivity index (χ0) is 24.0. The van der Waals surface area contributed by atoms with Gasteiger partial charge in [0.2, 0.25) is 10.0 Å². The molecule has 1 N–H and O–H groups in total. The highest BCUT2D eigenvalue weighted by Crippen LogP contribution is 2.25. The summed E-state index contributed by atoms with van der Waals surface area (Å²) in [5, 5.41) is 2.57. The van der Waals surface area contributed by atoms with Gasteiger partial charge in [0.1, 0.15) is 11.6 Å². The number of nitrogens with one attached hydrogen (secondary N) is 1. The first-order valence-corrected chi connectivity index (χ1v) is 12.0. The van der Waals surface area contributed by atoms with E-state index >= 15 is 0 Å². The number of hydrogen-bond donors (Lipinski definition) is 1. The number of nitrogens with zero attached hydrogens (tertiary/aromatic N) is 1. The van der Waals surface area contributed by atoms with Gasteiger partial charge in [-0.15, -0.1) is 0 Å². The lowest BCUT2D eigenvalue weighted by molar-refractivity contribution is -0.153. The van der Waals surface area contributed by atoms with E-state index in [0.717, 1.165) is 0 Å². The van der Waals surface area contributed by atoms with Crippen LogP contribution in [0.4, 0.5) is 4.39 Å². The van der Waals surface area contributed by atoms with E-state index in [4.69, 9.17) is 9.47 Å². The Balaban J connectivity index is 1.51. The lowest BCUT2D eigenvalue weighted by Gasteiger charge is -2.30. The molecule has 3 rings (SSSR count). The van der Waals surface area contributed by atoms with Crippen molar-refractivity contribution in [2.24, 2.45) is 5.92 Å². The molecular weight excluding hydrogens is 451 g/mol. The molecule has 2 aromatic rings. The van der Waals surface area contributed by atoms with E-state index in [9.17, 15) is 22.4 Å². The molecule has 0 bridgehead atoms. The molecule has 10 heteroatoms. The Morgan fingerprint density at radius 3 is 2.58 bits per heavy atom. The van der Waals surface area contributed by atoms with Gasteiger partial charge in [0.25, 0.3) is 5.91 Å². The second kappa shape index (κ2) is 10.8. The number of halogens is 1. The maximum absolute atomic E-state index is 13.6. The highest BCUT2D eigenvalue weighted by molar-refractivity contribution is 7.89. The quantitative estimate of drug-likeness (QED) is 0.585. The number of piperidine rings is 1. The van der Waals surface area contributed by atoms with E-state index in [2.05, 4.69) is 5.32 Å². The van der Waals surface area contributed by atoms with Crippen molar-refractivity contribution in [1.82, 2.24) is 9.62 Å². The third kappa shape index (κ3) is 6.29. The molecule has 1 fully saturated rings. The number of rotatable bonds is 8. The summed E-state index contributed by atoms with van der Waals surface area (Å²) in [6.07, 6.45) is 0.970. The van der Waals surface area contributed by atoms with Crippen LogP contribution in [0.5, 0.6) is 5.75 Å². The Kier molecular flexibility index (Phi) is 8.04. The third-order valence-electron chi connectivity index (χ3n) is 5.49. The highest BCUT2D eigenvalue weighted by atomic mass is 32.2. The summed E-state index contributed by atoms with van der Waals surface area (Å²) in [6, 6.07) is 10.7. The molecule has 0 radical (unpaired) electrons. The maximum atomic E-state index is 13.6. The van der Waals surface area contributed by atoms with Gasteiger partial charge in [-0.2, -0.15) is 4.31 Å². The van der Waals surface area contributed by atoms with E-state index in [1.54, 1.807) is 31.2 Å². The zero-order valence-corrected chi connectivity index (χ0v) is 19.4. The molecule has 0 saturated carbocycles. The Labute approximate surface area is 192 Å². The zero-order valence-electron chi connectivity index (χ0n) is 18.5. The summed E-state index contributed by atoms with van der Waals surface area (Å²) >= 11 is 0. The minimum absolute atomic E-state index is 0.0164. The fourth-order valence-corrected chi connectivity index (χ4v) is 5.03. The number of esters is 1. The van der Waals surface area contributed by atoms with Crippen molar-refractivity contribution < 1.29 is 31.9 Å². The average molecular weight is 479 g/mol. The average Bonchev–Trinajstić information content (AvgIpc) is 2.83. The Hall–Kier alpha value is -2.98. The summed E-state index contributed by atoms with van der Waals surface area (Å²) in [4.78, 5) is 24.6. The monoisotopic (exact) mass is 478 g/mol. The first kappa shape index (κ1) is 24.7. The van der Waals surface area contributed by atoms with Crippen molar-refractivity contribution in [3.63, 3.8) is 0 Å². The normalized spacial score (nSPS) is 16.8. The second-order valence-electron chi connectivity index (χ2n) is 7.85. The number of amides is 1. The highest BCUT2D eigenvalue weighted by Gasteiger charge is 2.34. The van der Waals surface area contributed by atoms with Crippen molar-refractivity contribution in [3.05, 3.63) is 59.4 Å². The summed E-state index contributed by atoms with van der Waals surface area (Å²) < 4.78 is 50.9. The molecule has 1 aliphatic rings. The smallest absolute Gasteiger partial charge is 0.310 e. The Morgan fingerprint density at radius 2 is 1.91 bits per heavy atom. The van der Waals surface area contributed by atoms with E-state index in [1.807, 2.05) is 0 Å². The minimum atomic E-state index is -3.77. The van der Waals surface area contributed by atoms with Gasteiger partial charge < -0.3 is 14.8 Å². The fraction of sp³-hybridized carbons (Fsp3) is 0.391. The van der Waals surface area contributed by atoms with Crippen LogP contribution in [0.3, 0.4) is 0 Å². The first-order valence-electron chi connectivity index (χ1n) is 10.5. The van der Waals surface area contributed by atoms with Crippen LogP contribution in [0.1, 0.15) is 24.0 Å². The number of aryl methyl sites for hydroxylation is 1. The van der Waals surface area contributed by atoms with E-state index in [0.29, 0.717) is 36.3 Å². The number of methoxy groups -OCH3 is 1. The predicted molar refractivity (Wildman–Crippen MR) is 118 cm³/mol. The number of sulfonamides is 1. The number of ether oxygens (including phenoxy) is 2. The van der Waals surface area contributed by atoms with Crippen LogP contribution in [0, 0.1) is 18.7 Å². The van der Waals surface area contributed by atoms with Crippen LogP contribution >= 0.6 is 0 Å². The molecule has 1 heterocycles. The van der Waals surface area contributed by atoms with E-state index in [-0.39, 0.29) is 23.8 Å². The molecule has 0 aliphatic carbocycles. The van der Waals surface area contributed by atoms with Crippen LogP contribution < -0.4 is 10.1 Å². The van der Waals surface area contributed by atoms with Gasteiger partial charge in [-0.3, -0.25) is 9.59 Å². The molecular formula is C23H27FN2O6S. The van der Waals surface area contributed by atoms with Crippen LogP contribution in [0.25, 0.3) is 0 Å². The van der Waals surface area contributed by atoms with Crippen LogP contribution in [-0.2, 0) is 30.9 Å². The predicted octanol–water partition coefficient (Wildman–Crippen LogP) is 2.40. The molecule has 2 aromatic carbocycles. The van der Waals surface area contributed by atoms with Gasteiger partial charge in [0, 0.05) is 19.6 Å². The molecule has 1 atom stereocenters. The maximum Gasteiger partial charge on any atom is 0.310 e. The van der Waals surface area contributed by atoms with Gasteiger partial charge in [-0.25, -0.2) is 12.8 Å². The first-order chi connectivity index (χ1) is 15.7. The van der Waals surface area contributed by atoms with E-state index < -0.39 is 34.4 Å². The fourth-order valence-electron chi connectivity index (χ4n) is 3.50. The van der Waals surface area contributed by atoms with Crippen molar-refractivity contribution in [2.75, 3.05) is 26.8 Å². The Morgan fingerprint density at radius 1 is 1.18 bits per heavy atom. The van der Waals surface area contributed by atoms with E-state index in [1.165, 1.54) is 29.6 Å². The Bertz CT molecular complexity index is 1100. The topological polar surface area (TPSA) is 102 Å². The van der Waals surface area contributed by atoms with Gasteiger partial charge in [-0.1, -0.05) is 12.1 Å². The molecule has 33 heavy (non-hydrogen) atoms. The molecule has 178 valence electrons. The molecule has 1 aliphatic heterocycles. The summed E-state index contributed by atoms with van der Waals surface area (Å²) in [7, 11) is -2.28. The molecule has 0 aromatic heterocycles. The lowest BCUT2D eigenvalue weighted by Crippen LogP contribution is -2.43. The summed E-state index contributed by atoms with van der Waals surface area (Å²) in [5.74, 6) is -1.63. The van der Waals surface area contributed by atoms with Crippen LogP contribution in [0.2, 0.25) is 0 Å². The minimum Gasteiger partial charge on any atom is -0.497 e. The van der Waals surface area contributed by atoms with Crippen molar-refractivity contribution in [3.8, 4) is 5.75 Å². The van der Waals surface area contributed by atoms with Gasteiger partial charge in [0.05, 0.1) is 17.9 Å². The van der Waals surface area contributed by atoms with Gasteiger partial charge in [0.15, 0.2) is 6.61 Å². The standard InChI is InChI=1S/C23H27FN2O6S/c1-16-5-6-17(12-21(16)24)13-25-22(27)15-32-23(28)18-4-3-11-26(14-18)33(29,30)20-9-7-19(31-2)8-10-20/h5-10,12,18H,3-4,11,13-15H2,1-2H3,(H,25,27). The summed E-state index contributed by atoms with van der Waals surface area (Å²) in [5.41, 5.74) is 1.10. The molecule has 8 nitrogen and oxygen atoms in total.